The van der Waals surface area contributed by atoms with E-state index in [-0.39, 0.29) is 5.78 Å². The minimum absolute atomic E-state index is 0.0361. The van der Waals surface area contributed by atoms with Gasteiger partial charge in [0.25, 0.3) is 0 Å². The number of fused-ring (bicyclic) bond motifs is 3. The fourth-order valence-electron chi connectivity index (χ4n) is 4.01. The predicted molar refractivity (Wildman–Crippen MR) is 97.8 cm³/mol. The first kappa shape index (κ1) is 15.1. The second-order valence-corrected chi connectivity index (χ2v) is 6.77. The maximum Gasteiger partial charge on any atom is 0.189 e. The Balaban J connectivity index is 1.30. The Morgan fingerprint density at radius 3 is 2.92 bits per heavy atom. The summed E-state index contributed by atoms with van der Waals surface area (Å²) in [6, 6.07) is 12.4. The summed E-state index contributed by atoms with van der Waals surface area (Å²) in [5, 5.41) is 10.5. The minimum Gasteiger partial charge on any atom is -0.370 e. The molecule has 0 aliphatic carbocycles. The number of para-hydroxylation sites is 1. The number of allylic oxidation sites excluding steroid dienone is 1. The van der Waals surface area contributed by atoms with Crippen molar-refractivity contribution in [2.24, 2.45) is 0 Å². The number of carbonyl (C=O) groups is 1. The number of nitrogens with zero attached hydrogens (tertiary/aromatic N) is 5. The molecule has 1 N–H and O–H groups in total. The predicted octanol–water partition coefficient (Wildman–Crippen LogP) is 2.01. The van der Waals surface area contributed by atoms with E-state index >= 15 is 0 Å². The highest BCUT2D eigenvalue weighted by Gasteiger charge is 2.42. The summed E-state index contributed by atoms with van der Waals surface area (Å²) in [5.41, 5.74) is 1.99. The van der Waals surface area contributed by atoms with Crippen molar-refractivity contribution in [1.29, 1.82) is 0 Å². The number of hydrogen-bond donors (Lipinski definition) is 1. The Hall–Kier alpha value is -3.22. The van der Waals surface area contributed by atoms with E-state index in [1.54, 1.807) is 12.1 Å². The van der Waals surface area contributed by atoms with Crippen LogP contribution < -0.4 is 4.90 Å². The number of aromatic nitrogens is 4. The number of pyridine rings is 1. The molecule has 0 radical (unpaired) electrons. The van der Waals surface area contributed by atoms with Crippen LogP contribution in [0, 0.1) is 0 Å². The van der Waals surface area contributed by atoms with Crippen molar-refractivity contribution in [3.05, 3.63) is 60.4 Å². The molecule has 26 heavy (non-hydrogen) atoms. The van der Waals surface area contributed by atoms with E-state index < -0.39 is 0 Å². The Morgan fingerprint density at radius 2 is 2.12 bits per heavy atom. The van der Waals surface area contributed by atoms with Crippen LogP contribution in [0.25, 0.3) is 11.0 Å². The standard InChI is InChI=1S/C19H18N6O/c26-17(15-4-3-5-16-19(15)22-23-21-16)7-9-24-11-14-10-13(24)12-25(14)18-6-1-2-8-20-18/h1-9,13-14H,10-12H2,(H,21,22,23)/b9-7+/t13-,14-/m1/s1. The molecule has 2 fully saturated rings. The summed E-state index contributed by atoms with van der Waals surface area (Å²) in [7, 11) is 0. The number of ketones is 1. The van der Waals surface area contributed by atoms with Crippen molar-refractivity contribution in [3.63, 3.8) is 0 Å². The number of likely N-dealkylation sites (tertiary alicyclic amines) is 1. The first-order chi connectivity index (χ1) is 12.8. The van der Waals surface area contributed by atoms with E-state index in [1.165, 1.54) is 0 Å². The van der Waals surface area contributed by atoms with Gasteiger partial charge in [-0.25, -0.2) is 4.98 Å². The molecule has 0 spiro atoms. The highest BCUT2D eigenvalue weighted by atomic mass is 16.1. The van der Waals surface area contributed by atoms with Gasteiger partial charge in [-0.3, -0.25) is 9.89 Å². The van der Waals surface area contributed by atoms with E-state index in [0.717, 1.165) is 25.3 Å². The van der Waals surface area contributed by atoms with Crippen LogP contribution in [0.5, 0.6) is 0 Å². The molecular formula is C19H18N6O. The summed E-state index contributed by atoms with van der Waals surface area (Å²) in [6.45, 7) is 1.86. The lowest BCUT2D eigenvalue weighted by molar-refractivity contribution is 0.104. The lowest BCUT2D eigenvalue weighted by Crippen LogP contribution is -2.44. The second-order valence-electron chi connectivity index (χ2n) is 6.77. The van der Waals surface area contributed by atoms with Crippen molar-refractivity contribution in [3.8, 4) is 0 Å². The van der Waals surface area contributed by atoms with Crippen molar-refractivity contribution in [2.75, 3.05) is 18.0 Å². The molecule has 1 aromatic carbocycles. The lowest BCUT2D eigenvalue weighted by atomic mass is 10.1. The number of anilines is 1. The van der Waals surface area contributed by atoms with Crippen molar-refractivity contribution in [1.82, 2.24) is 25.3 Å². The molecule has 4 heterocycles. The SMILES string of the molecule is O=C(/C=C/N1C[C@H]2C[C@@H]1CN2c1ccccn1)c1cccc2nn[nH]c12. The molecule has 0 saturated carbocycles. The summed E-state index contributed by atoms with van der Waals surface area (Å²) >= 11 is 0. The molecule has 2 aliphatic heterocycles. The molecule has 2 saturated heterocycles. The second kappa shape index (κ2) is 5.94. The number of carbonyl (C=O) groups excluding carboxylic acids is 1. The molecule has 0 amide bonds. The maximum absolute atomic E-state index is 12.6. The van der Waals surface area contributed by atoms with Gasteiger partial charge in [0.15, 0.2) is 5.78 Å². The van der Waals surface area contributed by atoms with Crippen LogP contribution in [0.2, 0.25) is 0 Å². The Labute approximate surface area is 150 Å². The van der Waals surface area contributed by atoms with Crippen LogP contribution in [0.15, 0.2) is 54.9 Å². The third-order valence-corrected chi connectivity index (χ3v) is 5.27. The van der Waals surface area contributed by atoms with E-state index in [4.69, 9.17) is 0 Å². The van der Waals surface area contributed by atoms with Crippen LogP contribution in [-0.2, 0) is 0 Å². The third kappa shape index (κ3) is 2.44. The van der Waals surface area contributed by atoms with Crippen molar-refractivity contribution in [2.45, 2.75) is 18.5 Å². The van der Waals surface area contributed by atoms with Gasteiger partial charge in [-0.1, -0.05) is 17.3 Å². The monoisotopic (exact) mass is 346 g/mol. The molecule has 5 rings (SSSR count). The van der Waals surface area contributed by atoms with E-state index in [0.29, 0.717) is 28.7 Å². The Kier molecular flexibility index (Phi) is 3.44. The van der Waals surface area contributed by atoms with Crippen molar-refractivity contribution >= 4 is 22.6 Å². The number of H-pyrrole nitrogens is 1. The topological polar surface area (TPSA) is 78.0 Å². The molecule has 2 aliphatic rings. The highest BCUT2D eigenvalue weighted by Crippen LogP contribution is 2.33. The summed E-state index contributed by atoms with van der Waals surface area (Å²) in [6.07, 6.45) is 6.53. The molecule has 3 aromatic rings. The third-order valence-electron chi connectivity index (χ3n) is 5.27. The van der Waals surface area contributed by atoms with Gasteiger partial charge in [0.1, 0.15) is 11.3 Å². The smallest absolute Gasteiger partial charge is 0.189 e. The number of aromatic amines is 1. The van der Waals surface area contributed by atoms with Gasteiger partial charge in [-0.05, 0) is 30.7 Å². The molecule has 7 nitrogen and oxygen atoms in total. The van der Waals surface area contributed by atoms with Crippen LogP contribution in [-0.4, -0.2) is 56.3 Å². The number of rotatable bonds is 4. The molecular weight excluding hydrogens is 328 g/mol. The summed E-state index contributed by atoms with van der Waals surface area (Å²) in [4.78, 5) is 21.7. The summed E-state index contributed by atoms with van der Waals surface area (Å²) < 4.78 is 0. The molecule has 7 heteroatoms. The normalized spacial score (nSPS) is 22.0. The zero-order chi connectivity index (χ0) is 17.5. The van der Waals surface area contributed by atoms with Crippen LogP contribution in [0.1, 0.15) is 16.8 Å². The average molecular weight is 346 g/mol. The Bertz CT molecular complexity index is 982. The average Bonchev–Trinajstić information content (AvgIpc) is 3.41. The van der Waals surface area contributed by atoms with E-state index in [1.807, 2.05) is 36.7 Å². The zero-order valence-corrected chi connectivity index (χ0v) is 14.1. The largest absolute Gasteiger partial charge is 0.370 e. The van der Waals surface area contributed by atoms with Gasteiger partial charge in [0.2, 0.25) is 0 Å². The summed E-state index contributed by atoms with van der Waals surface area (Å²) in [5.74, 6) is 1.00. The quantitative estimate of drug-likeness (QED) is 0.575. The first-order valence-electron chi connectivity index (χ1n) is 8.75. The zero-order valence-electron chi connectivity index (χ0n) is 14.1. The molecule has 2 atom stereocenters. The minimum atomic E-state index is -0.0361. The number of benzene rings is 1. The number of nitrogens with one attached hydrogen (secondary N) is 1. The number of piperazine rings is 1. The lowest BCUT2D eigenvalue weighted by Gasteiger charge is -2.34. The van der Waals surface area contributed by atoms with E-state index in [9.17, 15) is 4.79 Å². The molecule has 2 bridgehead atoms. The fourth-order valence-corrected chi connectivity index (χ4v) is 4.01. The number of hydrogen-bond acceptors (Lipinski definition) is 6. The Morgan fingerprint density at radius 1 is 1.15 bits per heavy atom. The van der Waals surface area contributed by atoms with Gasteiger partial charge in [0.05, 0.1) is 5.52 Å². The van der Waals surface area contributed by atoms with Gasteiger partial charge in [0, 0.05) is 49.2 Å². The molecule has 0 unspecified atom stereocenters. The maximum atomic E-state index is 12.6. The van der Waals surface area contributed by atoms with Crippen molar-refractivity contribution < 1.29 is 4.79 Å². The van der Waals surface area contributed by atoms with Crippen LogP contribution in [0.4, 0.5) is 5.82 Å². The molecule has 130 valence electrons. The van der Waals surface area contributed by atoms with Crippen LogP contribution in [0.3, 0.4) is 0 Å². The highest BCUT2D eigenvalue weighted by molar-refractivity contribution is 6.11. The van der Waals surface area contributed by atoms with Gasteiger partial charge in [-0.15, -0.1) is 5.10 Å². The molecule has 2 aromatic heterocycles. The van der Waals surface area contributed by atoms with E-state index in [2.05, 4.69) is 36.3 Å². The van der Waals surface area contributed by atoms with Gasteiger partial charge >= 0.3 is 0 Å². The first-order valence-corrected chi connectivity index (χ1v) is 8.75. The fraction of sp³-hybridized carbons (Fsp3) is 0.263. The van der Waals surface area contributed by atoms with Crippen LogP contribution >= 0.6 is 0 Å². The van der Waals surface area contributed by atoms with Gasteiger partial charge < -0.3 is 9.80 Å². The van der Waals surface area contributed by atoms with Gasteiger partial charge in [-0.2, -0.15) is 0 Å².